The van der Waals surface area contributed by atoms with E-state index in [-0.39, 0.29) is 10.9 Å². The van der Waals surface area contributed by atoms with Crippen LogP contribution in [0.25, 0.3) is 0 Å². The highest BCUT2D eigenvalue weighted by molar-refractivity contribution is 7.89. The molecule has 1 fully saturated rings. The second-order valence-electron chi connectivity index (χ2n) is 5.34. The van der Waals surface area contributed by atoms with Crippen molar-refractivity contribution in [3.8, 4) is 0 Å². The normalized spacial score (nSPS) is 19.3. The Hall–Kier alpha value is -0.910. The van der Waals surface area contributed by atoms with Crippen LogP contribution in [-0.2, 0) is 10.0 Å². The Labute approximate surface area is 115 Å². The molecule has 0 radical (unpaired) electrons. The van der Waals surface area contributed by atoms with Crippen LogP contribution in [0, 0.1) is 0 Å². The van der Waals surface area contributed by atoms with Gasteiger partial charge in [0, 0.05) is 12.1 Å². The SMILES string of the molecule is CC(NC1CCCCC1)c1ccc(S(N)(=O)=O)cc1. The van der Waals surface area contributed by atoms with E-state index in [1.54, 1.807) is 12.1 Å². The third-order valence-corrected chi connectivity index (χ3v) is 4.73. The van der Waals surface area contributed by atoms with E-state index in [0.717, 1.165) is 5.56 Å². The van der Waals surface area contributed by atoms with E-state index in [2.05, 4.69) is 12.2 Å². The summed E-state index contributed by atoms with van der Waals surface area (Å²) in [5.74, 6) is 0. The Balaban J connectivity index is 2.01. The number of sulfonamides is 1. The molecule has 1 aliphatic rings. The number of hydrogen-bond acceptors (Lipinski definition) is 3. The van der Waals surface area contributed by atoms with E-state index in [4.69, 9.17) is 5.14 Å². The van der Waals surface area contributed by atoms with Gasteiger partial charge in [0.2, 0.25) is 10.0 Å². The summed E-state index contributed by atoms with van der Waals surface area (Å²) in [7, 11) is -3.59. The maximum absolute atomic E-state index is 11.2. The topological polar surface area (TPSA) is 72.2 Å². The van der Waals surface area contributed by atoms with Gasteiger partial charge in [-0.15, -0.1) is 0 Å². The molecule has 1 aromatic rings. The first-order valence-corrected chi connectivity index (χ1v) is 8.40. The molecule has 106 valence electrons. The van der Waals surface area contributed by atoms with Gasteiger partial charge in [-0.3, -0.25) is 0 Å². The second kappa shape index (κ2) is 6.03. The fraction of sp³-hybridized carbons (Fsp3) is 0.571. The van der Waals surface area contributed by atoms with Gasteiger partial charge < -0.3 is 5.32 Å². The average molecular weight is 282 g/mol. The third kappa shape index (κ3) is 4.03. The maximum Gasteiger partial charge on any atom is 0.238 e. The zero-order valence-electron chi connectivity index (χ0n) is 11.3. The molecule has 0 amide bonds. The minimum atomic E-state index is -3.59. The summed E-state index contributed by atoms with van der Waals surface area (Å²) in [4.78, 5) is 0.168. The van der Waals surface area contributed by atoms with E-state index in [0.29, 0.717) is 6.04 Å². The summed E-state index contributed by atoms with van der Waals surface area (Å²) in [5.41, 5.74) is 1.10. The predicted molar refractivity (Wildman–Crippen MR) is 76.2 cm³/mol. The summed E-state index contributed by atoms with van der Waals surface area (Å²) in [6.07, 6.45) is 6.41. The lowest BCUT2D eigenvalue weighted by Crippen LogP contribution is -2.33. The largest absolute Gasteiger partial charge is 0.307 e. The molecule has 1 unspecified atom stereocenters. The van der Waals surface area contributed by atoms with E-state index in [1.807, 2.05) is 12.1 Å². The average Bonchev–Trinajstić information content (AvgIpc) is 2.39. The molecule has 2 rings (SSSR count). The third-order valence-electron chi connectivity index (χ3n) is 3.80. The van der Waals surface area contributed by atoms with Gasteiger partial charge in [-0.25, -0.2) is 13.6 Å². The highest BCUT2D eigenvalue weighted by Crippen LogP contribution is 2.22. The molecule has 0 spiro atoms. The first-order valence-electron chi connectivity index (χ1n) is 6.85. The quantitative estimate of drug-likeness (QED) is 0.890. The molecule has 0 heterocycles. The Morgan fingerprint density at radius 3 is 2.26 bits per heavy atom. The minimum Gasteiger partial charge on any atom is -0.307 e. The zero-order valence-corrected chi connectivity index (χ0v) is 12.1. The van der Waals surface area contributed by atoms with Crippen molar-refractivity contribution in [2.45, 2.75) is 56.0 Å². The van der Waals surface area contributed by atoms with Gasteiger partial charge in [-0.05, 0) is 37.5 Å². The summed E-state index contributed by atoms with van der Waals surface area (Å²) < 4.78 is 22.4. The number of rotatable bonds is 4. The summed E-state index contributed by atoms with van der Waals surface area (Å²) in [5, 5.41) is 8.70. The van der Waals surface area contributed by atoms with Gasteiger partial charge in [0.15, 0.2) is 0 Å². The molecule has 1 saturated carbocycles. The van der Waals surface area contributed by atoms with Gasteiger partial charge in [0.25, 0.3) is 0 Å². The molecule has 0 bridgehead atoms. The van der Waals surface area contributed by atoms with Gasteiger partial charge in [-0.1, -0.05) is 31.4 Å². The minimum absolute atomic E-state index is 0.168. The Bertz CT molecular complexity index is 505. The van der Waals surface area contributed by atoms with E-state index >= 15 is 0 Å². The van der Waals surface area contributed by atoms with Crippen LogP contribution in [0.1, 0.15) is 50.6 Å². The molecule has 0 aromatic heterocycles. The van der Waals surface area contributed by atoms with Crippen LogP contribution < -0.4 is 10.5 Å². The number of primary sulfonamides is 1. The highest BCUT2D eigenvalue weighted by atomic mass is 32.2. The van der Waals surface area contributed by atoms with Crippen molar-refractivity contribution in [3.05, 3.63) is 29.8 Å². The Morgan fingerprint density at radius 2 is 1.74 bits per heavy atom. The maximum atomic E-state index is 11.2. The molecule has 0 aliphatic heterocycles. The van der Waals surface area contributed by atoms with Crippen molar-refractivity contribution >= 4 is 10.0 Å². The van der Waals surface area contributed by atoms with E-state index in [9.17, 15) is 8.42 Å². The van der Waals surface area contributed by atoms with E-state index < -0.39 is 10.0 Å². The number of benzene rings is 1. The zero-order chi connectivity index (χ0) is 13.9. The summed E-state index contributed by atoms with van der Waals surface area (Å²) >= 11 is 0. The van der Waals surface area contributed by atoms with Crippen molar-refractivity contribution in [2.75, 3.05) is 0 Å². The van der Waals surface area contributed by atoms with Crippen molar-refractivity contribution < 1.29 is 8.42 Å². The number of nitrogens with one attached hydrogen (secondary N) is 1. The van der Waals surface area contributed by atoms with Crippen molar-refractivity contribution in [1.82, 2.24) is 5.32 Å². The Morgan fingerprint density at radius 1 is 1.16 bits per heavy atom. The highest BCUT2D eigenvalue weighted by Gasteiger charge is 2.16. The molecular weight excluding hydrogens is 260 g/mol. The van der Waals surface area contributed by atoms with Crippen LogP contribution in [0.3, 0.4) is 0 Å². The van der Waals surface area contributed by atoms with Crippen molar-refractivity contribution in [1.29, 1.82) is 0 Å². The lowest BCUT2D eigenvalue weighted by molar-refractivity contribution is 0.347. The molecule has 1 atom stereocenters. The van der Waals surface area contributed by atoms with Gasteiger partial charge in [0.1, 0.15) is 0 Å². The smallest absolute Gasteiger partial charge is 0.238 e. The molecule has 4 nitrogen and oxygen atoms in total. The summed E-state index contributed by atoms with van der Waals surface area (Å²) in [6.45, 7) is 2.11. The summed E-state index contributed by atoms with van der Waals surface area (Å²) in [6, 6.07) is 7.63. The van der Waals surface area contributed by atoms with Crippen molar-refractivity contribution in [2.24, 2.45) is 5.14 Å². The van der Waals surface area contributed by atoms with Crippen LogP contribution in [0.15, 0.2) is 29.2 Å². The van der Waals surface area contributed by atoms with Gasteiger partial charge in [0.05, 0.1) is 4.90 Å². The van der Waals surface area contributed by atoms with Gasteiger partial charge >= 0.3 is 0 Å². The molecule has 0 saturated heterocycles. The molecule has 19 heavy (non-hydrogen) atoms. The standard InChI is InChI=1S/C14H22N2O2S/c1-11(16-13-5-3-2-4-6-13)12-7-9-14(10-8-12)19(15,17)18/h7-11,13,16H,2-6H2,1H3,(H2,15,17,18). The molecule has 1 aliphatic carbocycles. The molecule has 1 aromatic carbocycles. The van der Waals surface area contributed by atoms with Crippen LogP contribution in [0.4, 0.5) is 0 Å². The molecule has 5 heteroatoms. The van der Waals surface area contributed by atoms with Crippen LogP contribution in [0.2, 0.25) is 0 Å². The predicted octanol–water partition coefficient (Wildman–Crippen LogP) is 2.32. The van der Waals surface area contributed by atoms with Crippen LogP contribution in [0.5, 0.6) is 0 Å². The monoisotopic (exact) mass is 282 g/mol. The fourth-order valence-electron chi connectivity index (χ4n) is 2.67. The van der Waals surface area contributed by atoms with Gasteiger partial charge in [-0.2, -0.15) is 0 Å². The lowest BCUT2D eigenvalue weighted by Gasteiger charge is -2.26. The molecular formula is C14H22N2O2S. The number of nitrogens with two attached hydrogens (primary N) is 1. The van der Waals surface area contributed by atoms with Crippen molar-refractivity contribution in [3.63, 3.8) is 0 Å². The molecule has 3 N–H and O–H groups in total. The second-order valence-corrected chi connectivity index (χ2v) is 6.90. The van der Waals surface area contributed by atoms with Crippen LogP contribution in [-0.4, -0.2) is 14.5 Å². The Kier molecular flexibility index (Phi) is 4.60. The first kappa shape index (κ1) is 14.5. The first-order chi connectivity index (χ1) is 8.97. The lowest BCUT2D eigenvalue weighted by atomic mass is 9.94. The fourth-order valence-corrected chi connectivity index (χ4v) is 3.18. The number of hydrogen-bond donors (Lipinski definition) is 2. The van der Waals surface area contributed by atoms with Crippen LogP contribution >= 0.6 is 0 Å². The van der Waals surface area contributed by atoms with E-state index in [1.165, 1.54) is 32.1 Å².